The van der Waals surface area contributed by atoms with Crippen molar-refractivity contribution in [1.29, 1.82) is 0 Å². The van der Waals surface area contributed by atoms with Crippen LogP contribution in [0.2, 0.25) is 0 Å². The molecule has 0 saturated heterocycles. The first kappa shape index (κ1) is 13.1. The molecule has 0 amide bonds. The van der Waals surface area contributed by atoms with Crippen LogP contribution in [-0.4, -0.2) is 35.1 Å². The van der Waals surface area contributed by atoms with Gasteiger partial charge >= 0.3 is 5.97 Å². The van der Waals surface area contributed by atoms with Crippen molar-refractivity contribution < 1.29 is 14.3 Å². The quantitative estimate of drug-likeness (QED) is 0.851. The average molecular weight is 261 g/mol. The van der Waals surface area contributed by atoms with Crippen LogP contribution in [0.3, 0.4) is 0 Å². The van der Waals surface area contributed by atoms with Gasteiger partial charge in [0, 0.05) is 5.56 Å². The van der Waals surface area contributed by atoms with E-state index in [1.807, 2.05) is 25.1 Å². The van der Waals surface area contributed by atoms with Crippen LogP contribution in [0.1, 0.15) is 23.0 Å². The first-order chi connectivity index (χ1) is 9.17. The van der Waals surface area contributed by atoms with E-state index in [0.717, 1.165) is 16.9 Å². The molecule has 6 nitrogen and oxygen atoms in total. The van der Waals surface area contributed by atoms with Gasteiger partial charge in [-0.15, -0.1) is 5.10 Å². The van der Waals surface area contributed by atoms with Gasteiger partial charge in [0.25, 0.3) is 0 Å². The zero-order chi connectivity index (χ0) is 13.8. The summed E-state index contributed by atoms with van der Waals surface area (Å²) in [5.74, 6) is 0.296. The van der Waals surface area contributed by atoms with E-state index in [4.69, 9.17) is 9.47 Å². The lowest BCUT2D eigenvalue weighted by atomic mass is 10.1. The highest BCUT2D eigenvalue weighted by Crippen LogP contribution is 2.26. The van der Waals surface area contributed by atoms with E-state index in [-0.39, 0.29) is 5.69 Å². The topological polar surface area (TPSA) is 77.1 Å². The van der Waals surface area contributed by atoms with E-state index in [0.29, 0.717) is 12.3 Å². The molecule has 100 valence electrons. The Bertz CT molecular complexity index is 593. The third-order valence-electron chi connectivity index (χ3n) is 2.68. The third kappa shape index (κ3) is 2.57. The van der Waals surface area contributed by atoms with Gasteiger partial charge in [0.05, 0.1) is 13.7 Å². The molecule has 1 aromatic carbocycles. The molecular weight excluding hydrogens is 246 g/mol. The van der Waals surface area contributed by atoms with Crippen LogP contribution >= 0.6 is 0 Å². The molecule has 2 aromatic rings. The molecular formula is C13H15N3O3. The van der Waals surface area contributed by atoms with Crippen molar-refractivity contribution in [3.8, 4) is 17.0 Å². The molecule has 1 aromatic heterocycles. The molecule has 0 fully saturated rings. The Morgan fingerprint density at radius 3 is 2.79 bits per heavy atom. The molecule has 0 saturated carbocycles. The van der Waals surface area contributed by atoms with E-state index >= 15 is 0 Å². The second-order valence-corrected chi connectivity index (χ2v) is 3.93. The van der Waals surface area contributed by atoms with Gasteiger partial charge in [-0.05, 0) is 37.6 Å². The lowest BCUT2D eigenvalue weighted by Gasteiger charge is -2.06. The number of aryl methyl sites for hydroxylation is 1. The molecule has 0 aliphatic heterocycles. The smallest absolute Gasteiger partial charge is 0.361 e. The molecule has 0 spiro atoms. The Kier molecular flexibility index (Phi) is 3.79. The van der Waals surface area contributed by atoms with E-state index in [9.17, 15) is 4.79 Å². The van der Waals surface area contributed by atoms with Gasteiger partial charge < -0.3 is 9.47 Å². The summed E-state index contributed by atoms with van der Waals surface area (Å²) in [5.41, 5.74) is 2.41. The number of benzene rings is 1. The van der Waals surface area contributed by atoms with Gasteiger partial charge in [-0.25, -0.2) is 4.79 Å². The Morgan fingerprint density at radius 2 is 2.16 bits per heavy atom. The van der Waals surface area contributed by atoms with Crippen molar-refractivity contribution in [3.05, 3.63) is 29.5 Å². The summed E-state index contributed by atoms with van der Waals surface area (Å²) in [4.78, 5) is 11.7. The largest absolute Gasteiger partial charge is 0.496 e. The van der Waals surface area contributed by atoms with Gasteiger partial charge in [0.1, 0.15) is 11.4 Å². The minimum Gasteiger partial charge on any atom is -0.496 e. The Hall–Kier alpha value is -2.37. The predicted octanol–water partition coefficient (Wildman–Crippen LogP) is 1.97. The minimum atomic E-state index is -0.486. The number of H-pyrrole nitrogens is 1. The van der Waals surface area contributed by atoms with Gasteiger partial charge in [-0.1, -0.05) is 0 Å². The normalized spacial score (nSPS) is 10.3. The highest BCUT2D eigenvalue weighted by atomic mass is 16.5. The van der Waals surface area contributed by atoms with Crippen molar-refractivity contribution in [2.45, 2.75) is 13.8 Å². The molecule has 0 atom stereocenters. The summed E-state index contributed by atoms with van der Waals surface area (Å²) in [5, 5.41) is 10.3. The first-order valence-corrected chi connectivity index (χ1v) is 5.90. The monoisotopic (exact) mass is 261 g/mol. The number of nitrogens with zero attached hydrogens (tertiary/aromatic N) is 2. The standard InChI is InChI=1S/C13H15N3O3/c1-4-19-13(17)12-11(14-16-15-12)9-5-6-10(18-3)8(2)7-9/h5-7H,4H2,1-3H3,(H,14,15,16). The van der Waals surface area contributed by atoms with Gasteiger partial charge in [0.2, 0.25) is 0 Å². The van der Waals surface area contributed by atoms with Crippen LogP contribution in [-0.2, 0) is 4.74 Å². The second-order valence-electron chi connectivity index (χ2n) is 3.93. The summed E-state index contributed by atoms with van der Waals surface area (Å²) in [6, 6.07) is 5.54. The lowest BCUT2D eigenvalue weighted by molar-refractivity contribution is 0.0520. The summed E-state index contributed by atoms with van der Waals surface area (Å²) in [6.07, 6.45) is 0. The maximum absolute atomic E-state index is 11.7. The number of hydrogen-bond donors (Lipinski definition) is 1. The number of hydrogen-bond acceptors (Lipinski definition) is 5. The Morgan fingerprint density at radius 1 is 1.37 bits per heavy atom. The summed E-state index contributed by atoms with van der Waals surface area (Å²) < 4.78 is 10.1. The van der Waals surface area contributed by atoms with Crippen molar-refractivity contribution >= 4 is 5.97 Å². The molecule has 0 unspecified atom stereocenters. The van der Waals surface area contributed by atoms with Crippen LogP contribution in [0.25, 0.3) is 11.3 Å². The van der Waals surface area contributed by atoms with Crippen LogP contribution < -0.4 is 4.74 Å². The fraction of sp³-hybridized carbons (Fsp3) is 0.308. The molecule has 0 bridgehead atoms. The van der Waals surface area contributed by atoms with Crippen molar-refractivity contribution in [3.63, 3.8) is 0 Å². The molecule has 1 heterocycles. The third-order valence-corrected chi connectivity index (χ3v) is 2.68. The number of aromatic amines is 1. The number of rotatable bonds is 4. The molecule has 6 heteroatoms. The number of esters is 1. The number of ether oxygens (including phenoxy) is 2. The number of methoxy groups -OCH3 is 1. The molecule has 1 N–H and O–H groups in total. The van der Waals surface area contributed by atoms with Crippen molar-refractivity contribution in [1.82, 2.24) is 15.4 Å². The Labute approximate surface area is 110 Å². The average Bonchev–Trinajstić information content (AvgIpc) is 2.88. The maximum Gasteiger partial charge on any atom is 0.361 e. The second kappa shape index (κ2) is 5.51. The number of carbonyl (C=O) groups excluding carboxylic acids is 1. The van der Waals surface area contributed by atoms with Crippen LogP contribution in [0, 0.1) is 6.92 Å². The Balaban J connectivity index is 2.40. The highest BCUT2D eigenvalue weighted by Gasteiger charge is 2.19. The zero-order valence-electron chi connectivity index (χ0n) is 11.1. The predicted molar refractivity (Wildman–Crippen MR) is 69.1 cm³/mol. The minimum absolute atomic E-state index is 0.186. The summed E-state index contributed by atoms with van der Waals surface area (Å²) in [6.45, 7) is 3.97. The molecule has 0 aliphatic rings. The van der Waals surface area contributed by atoms with Gasteiger partial charge in [0.15, 0.2) is 5.69 Å². The van der Waals surface area contributed by atoms with Crippen molar-refractivity contribution in [2.75, 3.05) is 13.7 Å². The zero-order valence-corrected chi connectivity index (χ0v) is 11.1. The number of nitrogens with one attached hydrogen (secondary N) is 1. The SMILES string of the molecule is CCOC(=O)c1n[nH]nc1-c1ccc(OC)c(C)c1. The fourth-order valence-electron chi connectivity index (χ4n) is 1.80. The van der Waals surface area contributed by atoms with Crippen LogP contribution in [0.5, 0.6) is 5.75 Å². The number of aromatic nitrogens is 3. The van der Waals surface area contributed by atoms with E-state index < -0.39 is 5.97 Å². The highest BCUT2D eigenvalue weighted by molar-refractivity contribution is 5.93. The summed E-state index contributed by atoms with van der Waals surface area (Å²) >= 11 is 0. The molecule has 0 radical (unpaired) electrons. The summed E-state index contributed by atoms with van der Waals surface area (Å²) in [7, 11) is 1.61. The molecule has 2 rings (SSSR count). The van der Waals surface area contributed by atoms with Crippen LogP contribution in [0.4, 0.5) is 0 Å². The van der Waals surface area contributed by atoms with Crippen molar-refractivity contribution in [2.24, 2.45) is 0 Å². The molecule has 0 aliphatic carbocycles. The van der Waals surface area contributed by atoms with Crippen LogP contribution in [0.15, 0.2) is 18.2 Å². The van der Waals surface area contributed by atoms with E-state index in [1.165, 1.54) is 0 Å². The fourth-order valence-corrected chi connectivity index (χ4v) is 1.80. The van der Waals surface area contributed by atoms with Gasteiger partial charge in [-0.2, -0.15) is 10.3 Å². The molecule has 19 heavy (non-hydrogen) atoms. The van der Waals surface area contributed by atoms with E-state index in [1.54, 1.807) is 14.0 Å². The first-order valence-electron chi connectivity index (χ1n) is 5.90. The number of carbonyl (C=O) groups is 1. The van der Waals surface area contributed by atoms with Gasteiger partial charge in [-0.3, -0.25) is 0 Å². The lowest BCUT2D eigenvalue weighted by Crippen LogP contribution is -2.06. The maximum atomic E-state index is 11.7. The van der Waals surface area contributed by atoms with E-state index in [2.05, 4.69) is 15.4 Å².